The first-order valence-corrected chi connectivity index (χ1v) is 6.34. The second-order valence-corrected chi connectivity index (χ2v) is 4.69. The molecule has 0 spiro atoms. The van der Waals surface area contributed by atoms with Crippen LogP contribution in [0.1, 0.15) is 18.9 Å². The van der Waals surface area contributed by atoms with Crippen molar-refractivity contribution in [2.24, 2.45) is 5.73 Å². The highest BCUT2D eigenvalue weighted by molar-refractivity contribution is 5.27. The highest BCUT2D eigenvalue weighted by Gasteiger charge is 2.27. The quantitative estimate of drug-likeness (QED) is 0.892. The first-order chi connectivity index (χ1) is 9.14. The molecule has 3 heteroatoms. The van der Waals surface area contributed by atoms with Gasteiger partial charge in [0.05, 0.1) is 0 Å². The molecule has 0 heterocycles. The fourth-order valence-electron chi connectivity index (χ4n) is 2.08. The summed E-state index contributed by atoms with van der Waals surface area (Å²) in [6.07, 6.45) is 0.689. The van der Waals surface area contributed by atoms with E-state index in [4.69, 9.17) is 10.5 Å². The lowest BCUT2D eigenvalue weighted by molar-refractivity contribution is 0.0796. The molecule has 2 rings (SSSR count). The standard InChI is InChI=1S/C16H18FNO/c1-16(11-12-18,13-5-3-2-4-6-13)19-15-9-7-14(17)8-10-15/h2-10H,11-12,18H2,1H3. The van der Waals surface area contributed by atoms with Crippen LogP contribution in [-0.2, 0) is 5.60 Å². The Labute approximate surface area is 113 Å². The lowest BCUT2D eigenvalue weighted by Gasteiger charge is -2.31. The highest BCUT2D eigenvalue weighted by atomic mass is 19.1. The highest BCUT2D eigenvalue weighted by Crippen LogP contribution is 2.30. The maximum atomic E-state index is 12.9. The Bertz CT molecular complexity index is 512. The molecule has 0 fully saturated rings. The van der Waals surface area contributed by atoms with Crippen LogP contribution in [0.4, 0.5) is 4.39 Å². The van der Waals surface area contributed by atoms with E-state index < -0.39 is 5.60 Å². The summed E-state index contributed by atoms with van der Waals surface area (Å²) in [7, 11) is 0. The maximum absolute atomic E-state index is 12.9. The van der Waals surface area contributed by atoms with Crippen LogP contribution < -0.4 is 10.5 Å². The SMILES string of the molecule is CC(CCN)(Oc1ccc(F)cc1)c1ccccc1. The third-order valence-corrected chi connectivity index (χ3v) is 3.16. The summed E-state index contributed by atoms with van der Waals surface area (Å²) < 4.78 is 19.0. The van der Waals surface area contributed by atoms with Gasteiger partial charge in [-0.25, -0.2) is 4.39 Å². The second kappa shape index (κ2) is 5.85. The zero-order valence-corrected chi connectivity index (χ0v) is 11.0. The molecule has 0 saturated heterocycles. The van der Waals surface area contributed by atoms with Crippen LogP contribution in [0.5, 0.6) is 5.75 Å². The molecule has 1 atom stereocenters. The van der Waals surface area contributed by atoms with Crippen molar-refractivity contribution < 1.29 is 9.13 Å². The molecule has 100 valence electrons. The molecule has 2 N–H and O–H groups in total. The van der Waals surface area contributed by atoms with Crippen molar-refractivity contribution in [2.45, 2.75) is 18.9 Å². The van der Waals surface area contributed by atoms with Crippen molar-refractivity contribution in [3.63, 3.8) is 0 Å². The van der Waals surface area contributed by atoms with E-state index in [1.54, 1.807) is 12.1 Å². The van der Waals surface area contributed by atoms with Gasteiger partial charge in [-0.05, 0) is 43.3 Å². The zero-order valence-electron chi connectivity index (χ0n) is 11.0. The predicted octanol–water partition coefficient (Wildman–Crippen LogP) is 3.47. The van der Waals surface area contributed by atoms with E-state index in [9.17, 15) is 4.39 Å². The van der Waals surface area contributed by atoms with E-state index in [0.29, 0.717) is 18.7 Å². The van der Waals surface area contributed by atoms with E-state index in [0.717, 1.165) is 5.56 Å². The second-order valence-electron chi connectivity index (χ2n) is 4.69. The van der Waals surface area contributed by atoms with Crippen molar-refractivity contribution in [3.8, 4) is 5.75 Å². The molecular formula is C16H18FNO. The summed E-state index contributed by atoms with van der Waals surface area (Å²) in [6, 6.07) is 16.0. The number of nitrogens with two attached hydrogens (primary N) is 1. The molecule has 2 aromatic carbocycles. The topological polar surface area (TPSA) is 35.2 Å². The fraction of sp³-hybridized carbons (Fsp3) is 0.250. The Morgan fingerprint density at radius 3 is 2.26 bits per heavy atom. The van der Waals surface area contributed by atoms with Crippen LogP contribution in [0.2, 0.25) is 0 Å². The van der Waals surface area contributed by atoms with E-state index in [1.807, 2.05) is 37.3 Å². The smallest absolute Gasteiger partial charge is 0.132 e. The van der Waals surface area contributed by atoms with Gasteiger partial charge in [-0.3, -0.25) is 0 Å². The summed E-state index contributed by atoms with van der Waals surface area (Å²) in [5.41, 5.74) is 6.24. The Morgan fingerprint density at radius 2 is 1.68 bits per heavy atom. The van der Waals surface area contributed by atoms with Crippen LogP contribution in [-0.4, -0.2) is 6.54 Å². The molecule has 1 unspecified atom stereocenters. The molecular weight excluding hydrogens is 241 g/mol. The Morgan fingerprint density at radius 1 is 1.05 bits per heavy atom. The van der Waals surface area contributed by atoms with Crippen molar-refractivity contribution >= 4 is 0 Å². The van der Waals surface area contributed by atoms with Gasteiger partial charge >= 0.3 is 0 Å². The maximum Gasteiger partial charge on any atom is 0.132 e. The van der Waals surface area contributed by atoms with Gasteiger partial charge in [0, 0.05) is 6.42 Å². The monoisotopic (exact) mass is 259 g/mol. The van der Waals surface area contributed by atoms with Crippen LogP contribution in [0.3, 0.4) is 0 Å². The van der Waals surface area contributed by atoms with E-state index in [-0.39, 0.29) is 5.82 Å². The van der Waals surface area contributed by atoms with Crippen molar-refractivity contribution in [1.29, 1.82) is 0 Å². The van der Waals surface area contributed by atoms with Gasteiger partial charge in [-0.1, -0.05) is 30.3 Å². The molecule has 0 aromatic heterocycles. The molecule has 0 radical (unpaired) electrons. The Hall–Kier alpha value is -1.87. The predicted molar refractivity (Wildman–Crippen MR) is 74.5 cm³/mol. The third-order valence-electron chi connectivity index (χ3n) is 3.16. The minimum absolute atomic E-state index is 0.271. The summed E-state index contributed by atoms with van der Waals surface area (Å²) in [6.45, 7) is 2.52. The van der Waals surface area contributed by atoms with Crippen molar-refractivity contribution in [3.05, 3.63) is 66.0 Å². The van der Waals surface area contributed by atoms with Gasteiger partial charge in [0.1, 0.15) is 17.2 Å². The molecule has 0 saturated carbocycles. The zero-order chi connectivity index (χ0) is 13.7. The van der Waals surface area contributed by atoms with Gasteiger partial charge in [0.15, 0.2) is 0 Å². The number of halogens is 1. The fourth-order valence-corrected chi connectivity index (χ4v) is 2.08. The van der Waals surface area contributed by atoms with Gasteiger partial charge in [0.2, 0.25) is 0 Å². The Balaban J connectivity index is 2.27. The van der Waals surface area contributed by atoms with Crippen LogP contribution in [0, 0.1) is 5.82 Å². The molecule has 19 heavy (non-hydrogen) atoms. The lowest BCUT2D eigenvalue weighted by atomic mass is 9.92. The number of rotatable bonds is 5. The molecule has 2 nitrogen and oxygen atoms in total. The molecule has 2 aromatic rings. The first-order valence-electron chi connectivity index (χ1n) is 6.34. The van der Waals surface area contributed by atoms with Gasteiger partial charge in [0.25, 0.3) is 0 Å². The van der Waals surface area contributed by atoms with Gasteiger partial charge in [-0.2, -0.15) is 0 Å². The van der Waals surface area contributed by atoms with Crippen molar-refractivity contribution in [2.75, 3.05) is 6.54 Å². The normalized spacial score (nSPS) is 13.8. The largest absolute Gasteiger partial charge is 0.483 e. The average molecular weight is 259 g/mol. The molecule has 0 amide bonds. The average Bonchev–Trinajstić information content (AvgIpc) is 2.43. The van der Waals surface area contributed by atoms with E-state index >= 15 is 0 Å². The van der Waals surface area contributed by atoms with E-state index in [2.05, 4.69) is 0 Å². The lowest BCUT2D eigenvalue weighted by Crippen LogP contribution is -2.32. The Kier molecular flexibility index (Phi) is 4.17. The van der Waals surface area contributed by atoms with Gasteiger partial charge < -0.3 is 10.5 Å². The minimum Gasteiger partial charge on any atom is -0.483 e. The van der Waals surface area contributed by atoms with Crippen molar-refractivity contribution in [1.82, 2.24) is 0 Å². The minimum atomic E-state index is -0.506. The van der Waals surface area contributed by atoms with Gasteiger partial charge in [-0.15, -0.1) is 0 Å². The number of hydrogen-bond donors (Lipinski definition) is 1. The van der Waals surface area contributed by atoms with Crippen LogP contribution in [0.15, 0.2) is 54.6 Å². The number of ether oxygens (including phenoxy) is 1. The summed E-state index contributed by atoms with van der Waals surface area (Å²) >= 11 is 0. The third kappa shape index (κ3) is 3.32. The summed E-state index contributed by atoms with van der Waals surface area (Å²) in [4.78, 5) is 0. The first kappa shape index (κ1) is 13.6. The molecule has 0 aliphatic rings. The van der Waals surface area contributed by atoms with E-state index in [1.165, 1.54) is 12.1 Å². The summed E-state index contributed by atoms with van der Waals surface area (Å²) in [5.74, 6) is 0.369. The van der Waals surface area contributed by atoms with Crippen LogP contribution in [0.25, 0.3) is 0 Å². The number of benzene rings is 2. The molecule has 0 bridgehead atoms. The summed E-state index contributed by atoms with van der Waals surface area (Å²) in [5, 5.41) is 0. The van der Waals surface area contributed by atoms with Crippen LogP contribution >= 0.6 is 0 Å². The number of hydrogen-bond acceptors (Lipinski definition) is 2. The molecule has 0 aliphatic carbocycles. The molecule has 0 aliphatic heterocycles.